The lowest BCUT2D eigenvalue weighted by Gasteiger charge is -2.23. The lowest BCUT2D eigenvalue weighted by Crippen LogP contribution is -2.40. The molecule has 0 bridgehead atoms. The number of nitrogens with zero attached hydrogens (tertiary/aromatic N) is 3. The molecule has 0 saturated carbocycles. The Hall–Kier alpha value is -2.94. The molecule has 2 amide bonds. The Morgan fingerprint density at radius 2 is 2.06 bits per heavy atom. The van der Waals surface area contributed by atoms with Gasteiger partial charge in [0.25, 0.3) is 5.91 Å². The molecule has 32 heavy (non-hydrogen) atoms. The number of rotatable bonds is 6. The summed E-state index contributed by atoms with van der Waals surface area (Å²) in [5.41, 5.74) is 2.66. The number of hydrogen-bond donors (Lipinski definition) is 1. The van der Waals surface area contributed by atoms with Gasteiger partial charge >= 0.3 is 0 Å². The number of para-hydroxylation sites is 1. The summed E-state index contributed by atoms with van der Waals surface area (Å²) in [7, 11) is 0. The zero-order valence-electron chi connectivity index (χ0n) is 17.5. The van der Waals surface area contributed by atoms with E-state index >= 15 is 0 Å². The first-order valence-corrected chi connectivity index (χ1v) is 11.3. The Balaban J connectivity index is 1.63. The maximum atomic E-state index is 13.5. The Labute approximate surface area is 194 Å². The van der Waals surface area contributed by atoms with Gasteiger partial charge in [-0.05, 0) is 36.8 Å². The fourth-order valence-electron chi connectivity index (χ4n) is 3.59. The van der Waals surface area contributed by atoms with Crippen molar-refractivity contribution in [2.75, 3.05) is 24.7 Å². The van der Waals surface area contributed by atoms with Gasteiger partial charge in [0.2, 0.25) is 5.91 Å². The first-order chi connectivity index (χ1) is 15.5. The number of thiazole rings is 1. The number of fused-ring (bicyclic) bond motifs is 1. The first-order valence-electron chi connectivity index (χ1n) is 10.1. The highest BCUT2D eigenvalue weighted by Gasteiger charge is 2.30. The van der Waals surface area contributed by atoms with Crippen LogP contribution in [-0.4, -0.2) is 46.6 Å². The van der Waals surface area contributed by atoms with Gasteiger partial charge in [-0.1, -0.05) is 29.8 Å². The molecule has 166 valence electrons. The van der Waals surface area contributed by atoms with Crippen LogP contribution in [0.4, 0.5) is 5.69 Å². The van der Waals surface area contributed by atoms with Crippen LogP contribution in [0.2, 0.25) is 5.02 Å². The van der Waals surface area contributed by atoms with Crippen LogP contribution in [-0.2, 0) is 17.9 Å². The number of aliphatic hydroxyl groups is 1. The molecule has 1 aromatic heterocycles. The third-order valence-corrected chi connectivity index (χ3v) is 6.22. The summed E-state index contributed by atoms with van der Waals surface area (Å²) in [4.78, 5) is 34.2. The topological polar surface area (TPSA) is 83.0 Å². The van der Waals surface area contributed by atoms with Crippen LogP contribution in [0.25, 0.3) is 0 Å². The SMILES string of the molecule is Cc1nc(CN2Cc3ccccc3N(C(=O)c3ccc(OCCO)cc3Cl)CC2=O)cs1. The molecule has 0 saturated heterocycles. The van der Waals surface area contributed by atoms with Gasteiger partial charge in [0, 0.05) is 17.6 Å². The number of carbonyl (C=O) groups is 2. The molecule has 1 aliphatic rings. The Kier molecular flexibility index (Phi) is 6.74. The van der Waals surface area contributed by atoms with E-state index in [-0.39, 0.29) is 42.2 Å². The molecule has 0 atom stereocenters. The van der Waals surface area contributed by atoms with Crippen LogP contribution in [0.15, 0.2) is 47.8 Å². The monoisotopic (exact) mass is 471 g/mol. The fourth-order valence-corrected chi connectivity index (χ4v) is 4.45. The van der Waals surface area contributed by atoms with E-state index in [4.69, 9.17) is 21.4 Å². The maximum absolute atomic E-state index is 13.5. The van der Waals surface area contributed by atoms with E-state index in [9.17, 15) is 9.59 Å². The molecule has 1 aliphatic heterocycles. The fraction of sp³-hybridized carbons (Fsp3) is 0.261. The van der Waals surface area contributed by atoms with Crippen molar-refractivity contribution in [2.24, 2.45) is 0 Å². The number of aromatic nitrogens is 1. The molecule has 4 rings (SSSR count). The molecule has 0 fully saturated rings. The molecule has 7 nitrogen and oxygen atoms in total. The van der Waals surface area contributed by atoms with E-state index in [1.165, 1.54) is 11.0 Å². The van der Waals surface area contributed by atoms with Gasteiger partial charge in [0.05, 0.1) is 34.4 Å². The molecule has 3 aromatic rings. The van der Waals surface area contributed by atoms with Gasteiger partial charge < -0.3 is 14.7 Å². The number of carbonyl (C=O) groups excluding carboxylic acids is 2. The van der Waals surface area contributed by atoms with Gasteiger partial charge in [0.1, 0.15) is 18.9 Å². The average molecular weight is 472 g/mol. The quantitative estimate of drug-likeness (QED) is 0.593. The lowest BCUT2D eigenvalue weighted by molar-refractivity contribution is -0.130. The second-order valence-corrected chi connectivity index (χ2v) is 8.81. The number of ether oxygens (including phenoxy) is 1. The van der Waals surface area contributed by atoms with Gasteiger partial charge in [-0.2, -0.15) is 0 Å². The Morgan fingerprint density at radius 1 is 1.25 bits per heavy atom. The summed E-state index contributed by atoms with van der Waals surface area (Å²) >= 11 is 7.92. The molecule has 2 heterocycles. The van der Waals surface area contributed by atoms with Crippen molar-refractivity contribution in [2.45, 2.75) is 20.0 Å². The van der Waals surface area contributed by atoms with Crippen LogP contribution in [0.3, 0.4) is 0 Å². The van der Waals surface area contributed by atoms with Crippen molar-refractivity contribution in [1.82, 2.24) is 9.88 Å². The van der Waals surface area contributed by atoms with Crippen LogP contribution < -0.4 is 9.64 Å². The zero-order chi connectivity index (χ0) is 22.7. The minimum atomic E-state index is -0.365. The van der Waals surface area contributed by atoms with Crippen molar-refractivity contribution in [1.29, 1.82) is 0 Å². The number of aliphatic hydroxyl groups excluding tert-OH is 1. The first kappa shape index (κ1) is 22.3. The highest BCUT2D eigenvalue weighted by Crippen LogP contribution is 2.30. The van der Waals surface area contributed by atoms with E-state index in [0.717, 1.165) is 16.3 Å². The van der Waals surface area contributed by atoms with E-state index in [2.05, 4.69) is 4.98 Å². The average Bonchev–Trinajstić information content (AvgIpc) is 3.13. The van der Waals surface area contributed by atoms with Crippen LogP contribution in [0, 0.1) is 6.92 Å². The Bertz CT molecular complexity index is 1150. The third-order valence-electron chi connectivity index (χ3n) is 5.09. The lowest BCUT2D eigenvalue weighted by atomic mass is 10.1. The van der Waals surface area contributed by atoms with Gasteiger partial charge in [-0.25, -0.2) is 4.98 Å². The predicted octanol–water partition coefficient (Wildman–Crippen LogP) is 3.67. The van der Waals surface area contributed by atoms with Gasteiger partial charge in [-0.3, -0.25) is 14.5 Å². The second-order valence-electron chi connectivity index (χ2n) is 7.34. The van der Waals surface area contributed by atoms with Crippen molar-refractivity contribution in [3.63, 3.8) is 0 Å². The maximum Gasteiger partial charge on any atom is 0.260 e. The molecule has 9 heteroatoms. The molecule has 1 N–H and O–H groups in total. The van der Waals surface area contributed by atoms with E-state index in [0.29, 0.717) is 24.5 Å². The van der Waals surface area contributed by atoms with Crippen molar-refractivity contribution < 1.29 is 19.4 Å². The standard InChI is InChI=1S/C23H22ClN3O4S/c1-15-25-17(14-32-15)12-26-11-16-4-2-3-5-21(16)27(13-22(26)29)23(30)19-7-6-18(10-20(19)24)31-9-8-28/h2-7,10,14,28H,8-9,11-13H2,1H3. The van der Waals surface area contributed by atoms with E-state index in [1.54, 1.807) is 28.4 Å². The highest BCUT2D eigenvalue weighted by molar-refractivity contribution is 7.09. The van der Waals surface area contributed by atoms with Gasteiger partial charge in [0.15, 0.2) is 0 Å². The third kappa shape index (κ3) is 4.77. The number of aryl methyl sites for hydroxylation is 1. The minimum absolute atomic E-state index is 0.0991. The minimum Gasteiger partial charge on any atom is -0.491 e. The molecular formula is C23H22ClN3O4S. The van der Waals surface area contributed by atoms with E-state index < -0.39 is 0 Å². The summed E-state index contributed by atoms with van der Waals surface area (Å²) in [6.45, 7) is 2.61. The summed E-state index contributed by atoms with van der Waals surface area (Å²) in [6.07, 6.45) is 0. The molecule has 2 aromatic carbocycles. The number of benzene rings is 2. The van der Waals surface area contributed by atoms with Crippen LogP contribution in [0.1, 0.15) is 26.6 Å². The molecule has 0 spiro atoms. The molecule has 0 radical (unpaired) electrons. The summed E-state index contributed by atoms with van der Waals surface area (Å²) < 4.78 is 5.36. The van der Waals surface area contributed by atoms with Crippen molar-refractivity contribution in [3.05, 3.63) is 74.7 Å². The molecule has 0 aliphatic carbocycles. The van der Waals surface area contributed by atoms with Crippen molar-refractivity contribution >= 4 is 40.4 Å². The van der Waals surface area contributed by atoms with Crippen LogP contribution >= 0.6 is 22.9 Å². The summed E-state index contributed by atoms with van der Waals surface area (Å²) in [5.74, 6) is -0.0761. The molecular weight excluding hydrogens is 450 g/mol. The number of anilines is 1. The van der Waals surface area contributed by atoms with Crippen LogP contribution in [0.5, 0.6) is 5.75 Å². The largest absolute Gasteiger partial charge is 0.491 e. The van der Waals surface area contributed by atoms with Crippen molar-refractivity contribution in [3.8, 4) is 5.75 Å². The zero-order valence-corrected chi connectivity index (χ0v) is 19.0. The van der Waals surface area contributed by atoms with E-state index in [1.807, 2.05) is 36.6 Å². The van der Waals surface area contributed by atoms with Gasteiger partial charge in [-0.15, -0.1) is 11.3 Å². The Morgan fingerprint density at radius 3 is 2.78 bits per heavy atom. The smallest absolute Gasteiger partial charge is 0.260 e. The second kappa shape index (κ2) is 9.68. The number of amides is 2. The predicted molar refractivity (Wildman–Crippen MR) is 123 cm³/mol. The molecule has 0 unspecified atom stereocenters. The normalized spacial score (nSPS) is 13.7. The number of hydrogen-bond acceptors (Lipinski definition) is 6. The summed E-state index contributed by atoms with van der Waals surface area (Å²) in [6, 6.07) is 12.2. The summed E-state index contributed by atoms with van der Waals surface area (Å²) in [5, 5.41) is 12.0. The highest BCUT2D eigenvalue weighted by atomic mass is 35.5. The number of halogens is 1.